The molecule has 0 aliphatic rings. The highest BCUT2D eigenvalue weighted by atomic mass is 16.7. The van der Waals surface area contributed by atoms with Gasteiger partial charge in [-0.3, -0.25) is 0 Å². The molecule has 3 nitrogen and oxygen atoms in total. The summed E-state index contributed by atoms with van der Waals surface area (Å²) in [6, 6.07) is 16.2. The van der Waals surface area contributed by atoms with Gasteiger partial charge >= 0.3 is 0 Å². The second-order valence-electron chi connectivity index (χ2n) is 5.83. The van der Waals surface area contributed by atoms with Gasteiger partial charge in [0, 0.05) is 18.8 Å². The average Bonchev–Trinajstić information content (AvgIpc) is 2.62. The Labute approximate surface area is 145 Å². The fraction of sp³-hybridized carbons (Fsp3) is 0.429. The molecular weight excluding hydrogens is 300 g/mol. The van der Waals surface area contributed by atoms with Crippen molar-refractivity contribution in [3.63, 3.8) is 0 Å². The number of para-hydroxylation sites is 1. The maximum Gasteiger partial charge on any atom is 0.184 e. The molecule has 130 valence electrons. The van der Waals surface area contributed by atoms with Crippen molar-refractivity contribution < 1.29 is 14.2 Å². The van der Waals surface area contributed by atoms with Crippen LogP contribution in [0.5, 0.6) is 5.75 Å². The van der Waals surface area contributed by atoms with Crippen LogP contribution >= 0.6 is 0 Å². The first kappa shape index (κ1) is 18.5. The van der Waals surface area contributed by atoms with Crippen molar-refractivity contribution in [2.75, 3.05) is 13.2 Å². The summed E-state index contributed by atoms with van der Waals surface area (Å²) in [5, 5.41) is 0. The third-order valence-electron chi connectivity index (χ3n) is 3.73. The van der Waals surface area contributed by atoms with Gasteiger partial charge in [0.1, 0.15) is 12.4 Å². The molecule has 2 aromatic carbocycles. The second kappa shape index (κ2) is 10.1. The topological polar surface area (TPSA) is 27.7 Å². The SMILES string of the molecule is CCCOC(OCCC)c1ccccc1COc1ccccc1C. The highest BCUT2D eigenvalue weighted by molar-refractivity contribution is 5.33. The summed E-state index contributed by atoms with van der Waals surface area (Å²) in [7, 11) is 0. The summed E-state index contributed by atoms with van der Waals surface area (Å²) in [4.78, 5) is 0. The van der Waals surface area contributed by atoms with Gasteiger partial charge in [-0.15, -0.1) is 0 Å². The molecule has 2 aromatic rings. The van der Waals surface area contributed by atoms with Gasteiger partial charge in [0.05, 0.1) is 0 Å². The van der Waals surface area contributed by atoms with E-state index in [2.05, 4.69) is 39.0 Å². The van der Waals surface area contributed by atoms with E-state index >= 15 is 0 Å². The molecule has 0 aliphatic carbocycles. The predicted molar refractivity (Wildman–Crippen MR) is 97.2 cm³/mol. The summed E-state index contributed by atoms with van der Waals surface area (Å²) in [5.41, 5.74) is 3.28. The molecule has 0 amide bonds. The average molecular weight is 328 g/mol. The van der Waals surface area contributed by atoms with Crippen LogP contribution in [0.15, 0.2) is 48.5 Å². The fourth-order valence-corrected chi connectivity index (χ4v) is 2.45. The van der Waals surface area contributed by atoms with Crippen LogP contribution in [0, 0.1) is 6.92 Å². The minimum absolute atomic E-state index is 0.332. The van der Waals surface area contributed by atoms with Crippen LogP contribution in [0.4, 0.5) is 0 Å². The van der Waals surface area contributed by atoms with E-state index in [4.69, 9.17) is 14.2 Å². The Morgan fingerprint density at radius 1 is 0.833 bits per heavy atom. The molecular formula is C21H28O3. The molecule has 0 radical (unpaired) electrons. The summed E-state index contributed by atoms with van der Waals surface area (Å²) >= 11 is 0. The quantitative estimate of drug-likeness (QED) is 0.545. The Hall–Kier alpha value is -1.84. The highest BCUT2D eigenvalue weighted by Gasteiger charge is 2.16. The second-order valence-corrected chi connectivity index (χ2v) is 5.83. The van der Waals surface area contributed by atoms with E-state index in [-0.39, 0.29) is 6.29 Å². The molecule has 0 fully saturated rings. The van der Waals surface area contributed by atoms with Crippen LogP contribution < -0.4 is 4.74 Å². The summed E-state index contributed by atoms with van der Waals surface area (Å²) in [6.07, 6.45) is 1.60. The van der Waals surface area contributed by atoms with Crippen molar-refractivity contribution in [2.45, 2.75) is 46.5 Å². The third kappa shape index (κ3) is 5.36. The lowest BCUT2D eigenvalue weighted by Crippen LogP contribution is -2.13. The minimum Gasteiger partial charge on any atom is -0.489 e. The monoisotopic (exact) mass is 328 g/mol. The van der Waals surface area contributed by atoms with E-state index in [1.807, 2.05) is 30.3 Å². The Balaban J connectivity index is 2.13. The van der Waals surface area contributed by atoms with Gasteiger partial charge in [-0.05, 0) is 37.0 Å². The number of aryl methyl sites for hydroxylation is 1. The number of hydrogen-bond donors (Lipinski definition) is 0. The number of hydrogen-bond acceptors (Lipinski definition) is 3. The van der Waals surface area contributed by atoms with Crippen LogP contribution in [0.1, 0.15) is 49.7 Å². The molecule has 0 unspecified atom stereocenters. The van der Waals surface area contributed by atoms with Crippen molar-refractivity contribution in [3.8, 4) is 5.75 Å². The van der Waals surface area contributed by atoms with Crippen LogP contribution in [0.25, 0.3) is 0 Å². The lowest BCUT2D eigenvalue weighted by Gasteiger charge is -2.21. The van der Waals surface area contributed by atoms with Gasteiger partial charge in [0.15, 0.2) is 6.29 Å². The first-order valence-electron chi connectivity index (χ1n) is 8.75. The van der Waals surface area contributed by atoms with E-state index in [1.54, 1.807) is 0 Å². The molecule has 0 aromatic heterocycles. The van der Waals surface area contributed by atoms with Gasteiger partial charge in [0.25, 0.3) is 0 Å². The van der Waals surface area contributed by atoms with Gasteiger partial charge in [-0.25, -0.2) is 0 Å². The number of rotatable bonds is 10. The highest BCUT2D eigenvalue weighted by Crippen LogP contribution is 2.25. The van der Waals surface area contributed by atoms with E-state index in [0.717, 1.165) is 35.3 Å². The summed E-state index contributed by atoms with van der Waals surface area (Å²) < 4.78 is 17.8. The molecule has 0 spiro atoms. The normalized spacial score (nSPS) is 11.0. The lowest BCUT2D eigenvalue weighted by atomic mass is 10.1. The Bertz CT molecular complexity index is 602. The Morgan fingerprint density at radius 2 is 1.46 bits per heavy atom. The molecule has 24 heavy (non-hydrogen) atoms. The first-order valence-corrected chi connectivity index (χ1v) is 8.75. The van der Waals surface area contributed by atoms with Gasteiger partial charge in [-0.1, -0.05) is 56.3 Å². The van der Waals surface area contributed by atoms with Crippen LogP contribution in [-0.4, -0.2) is 13.2 Å². The standard InChI is InChI=1S/C21H28O3/c1-4-14-22-21(23-15-5-2)19-12-8-7-11-18(19)16-24-20-13-9-6-10-17(20)3/h6-13,21H,4-5,14-16H2,1-3H3. The smallest absolute Gasteiger partial charge is 0.184 e. The van der Waals surface area contributed by atoms with Gasteiger partial charge < -0.3 is 14.2 Å². The van der Waals surface area contributed by atoms with Crippen LogP contribution in [0.3, 0.4) is 0 Å². The maximum absolute atomic E-state index is 6.01. The van der Waals surface area contributed by atoms with E-state index in [1.165, 1.54) is 0 Å². The van der Waals surface area contributed by atoms with Gasteiger partial charge in [-0.2, -0.15) is 0 Å². The van der Waals surface area contributed by atoms with E-state index in [9.17, 15) is 0 Å². The fourth-order valence-electron chi connectivity index (χ4n) is 2.45. The zero-order valence-electron chi connectivity index (χ0n) is 15.0. The summed E-state index contributed by atoms with van der Waals surface area (Å²) in [5.74, 6) is 0.910. The molecule has 0 saturated heterocycles. The third-order valence-corrected chi connectivity index (χ3v) is 3.73. The first-order chi connectivity index (χ1) is 11.8. The molecule has 0 aliphatic heterocycles. The Kier molecular flexibility index (Phi) is 7.80. The van der Waals surface area contributed by atoms with Gasteiger partial charge in [0.2, 0.25) is 0 Å². The van der Waals surface area contributed by atoms with Crippen molar-refractivity contribution in [1.82, 2.24) is 0 Å². The predicted octanol–water partition coefficient (Wildman–Crippen LogP) is 5.43. The number of benzene rings is 2. The number of ether oxygens (including phenoxy) is 3. The van der Waals surface area contributed by atoms with Crippen molar-refractivity contribution in [1.29, 1.82) is 0 Å². The molecule has 2 rings (SSSR count). The molecule has 0 bridgehead atoms. The van der Waals surface area contributed by atoms with Crippen LogP contribution in [-0.2, 0) is 16.1 Å². The zero-order chi connectivity index (χ0) is 17.2. The van der Waals surface area contributed by atoms with E-state index in [0.29, 0.717) is 19.8 Å². The molecule has 0 N–H and O–H groups in total. The zero-order valence-corrected chi connectivity index (χ0v) is 15.0. The minimum atomic E-state index is -0.332. The van der Waals surface area contributed by atoms with Crippen LogP contribution in [0.2, 0.25) is 0 Å². The maximum atomic E-state index is 6.01. The molecule has 0 heterocycles. The van der Waals surface area contributed by atoms with Crippen molar-refractivity contribution >= 4 is 0 Å². The largest absolute Gasteiger partial charge is 0.489 e. The molecule has 0 saturated carbocycles. The Morgan fingerprint density at radius 3 is 2.12 bits per heavy atom. The van der Waals surface area contributed by atoms with Crippen molar-refractivity contribution in [3.05, 3.63) is 65.2 Å². The lowest BCUT2D eigenvalue weighted by molar-refractivity contribution is -0.147. The van der Waals surface area contributed by atoms with Crippen molar-refractivity contribution in [2.24, 2.45) is 0 Å². The van der Waals surface area contributed by atoms with E-state index < -0.39 is 0 Å². The molecule has 3 heteroatoms. The molecule has 0 atom stereocenters. The summed E-state index contributed by atoms with van der Waals surface area (Å²) in [6.45, 7) is 8.12.